The predicted molar refractivity (Wildman–Crippen MR) is 57.3 cm³/mol. The zero-order chi connectivity index (χ0) is 10.7. The van der Waals surface area contributed by atoms with E-state index in [-0.39, 0.29) is 11.3 Å². The molecule has 1 aliphatic heterocycles. The summed E-state index contributed by atoms with van der Waals surface area (Å²) in [7, 11) is 0. The molecule has 0 unspecified atom stereocenters. The molecule has 0 atom stereocenters. The summed E-state index contributed by atoms with van der Waals surface area (Å²) in [5.74, 6) is 0.757. The second-order valence-corrected chi connectivity index (χ2v) is 4.75. The monoisotopic (exact) mass is 212 g/mol. The van der Waals surface area contributed by atoms with Crippen LogP contribution in [0.3, 0.4) is 0 Å². The first kappa shape index (κ1) is 10.9. The molecule has 0 bridgehead atoms. The Hall–Kier alpha value is -0.610. The molecule has 0 aromatic rings. The van der Waals surface area contributed by atoms with Crippen molar-refractivity contribution in [3.63, 3.8) is 0 Å². The van der Waals surface area contributed by atoms with Gasteiger partial charge in [0.2, 0.25) is 5.91 Å². The maximum absolute atomic E-state index is 11.8. The van der Waals surface area contributed by atoms with Gasteiger partial charge in [0, 0.05) is 26.3 Å². The lowest BCUT2D eigenvalue weighted by Crippen LogP contribution is -2.39. The molecular weight excluding hydrogens is 192 g/mol. The molecule has 3 N–H and O–H groups in total. The van der Waals surface area contributed by atoms with Crippen molar-refractivity contribution in [3.8, 4) is 0 Å². The molecule has 2 fully saturated rings. The minimum absolute atomic E-state index is 0.163. The third-order valence-corrected chi connectivity index (χ3v) is 3.62. The van der Waals surface area contributed by atoms with Crippen molar-refractivity contribution in [2.45, 2.75) is 25.7 Å². The highest BCUT2D eigenvalue weighted by Gasteiger charge is 2.48. The largest absolute Gasteiger partial charge is 0.381 e. The lowest BCUT2D eigenvalue weighted by atomic mass is 9.99. The van der Waals surface area contributed by atoms with Gasteiger partial charge in [-0.15, -0.1) is 0 Å². The minimum Gasteiger partial charge on any atom is -0.381 e. The second kappa shape index (κ2) is 4.49. The normalized spacial score (nSPS) is 24.9. The van der Waals surface area contributed by atoms with E-state index in [4.69, 9.17) is 10.5 Å². The van der Waals surface area contributed by atoms with Crippen LogP contribution in [0, 0.1) is 11.3 Å². The molecule has 15 heavy (non-hydrogen) atoms. The number of nitrogens with two attached hydrogens (primary N) is 1. The van der Waals surface area contributed by atoms with Crippen LogP contribution in [0.5, 0.6) is 0 Å². The van der Waals surface area contributed by atoms with E-state index in [0.29, 0.717) is 12.5 Å². The topological polar surface area (TPSA) is 64.4 Å². The van der Waals surface area contributed by atoms with Crippen molar-refractivity contribution in [1.82, 2.24) is 5.32 Å². The van der Waals surface area contributed by atoms with Gasteiger partial charge in [-0.3, -0.25) is 4.79 Å². The lowest BCUT2D eigenvalue weighted by molar-refractivity contribution is -0.126. The van der Waals surface area contributed by atoms with E-state index >= 15 is 0 Å². The molecule has 1 heterocycles. The average Bonchev–Trinajstić information content (AvgIpc) is 3.08. The first-order valence-corrected chi connectivity index (χ1v) is 5.83. The number of carbonyl (C=O) groups excluding carboxylic acids is 1. The summed E-state index contributed by atoms with van der Waals surface area (Å²) < 4.78 is 5.27. The van der Waals surface area contributed by atoms with Crippen molar-refractivity contribution >= 4 is 5.91 Å². The first-order chi connectivity index (χ1) is 7.27. The molecular formula is C11H20N2O2. The lowest BCUT2D eigenvalue weighted by Gasteiger charge is -2.23. The van der Waals surface area contributed by atoms with E-state index in [0.717, 1.165) is 45.4 Å². The number of ether oxygens (including phenoxy) is 1. The number of rotatable bonds is 4. The molecule has 2 rings (SSSR count). The van der Waals surface area contributed by atoms with Gasteiger partial charge in [0.05, 0.1) is 5.41 Å². The molecule has 0 spiro atoms. The van der Waals surface area contributed by atoms with E-state index < -0.39 is 0 Å². The summed E-state index contributed by atoms with van der Waals surface area (Å²) in [6.45, 7) is 2.96. The molecule has 86 valence electrons. The number of hydrogen-bond donors (Lipinski definition) is 2. The molecule has 1 aliphatic carbocycles. The van der Waals surface area contributed by atoms with Crippen molar-refractivity contribution in [2.24, 2.45) is 17.1 Å². The van der Waals surface area contributed by atoms with Gasteiger partial charge in [0.1, 0.15) is 0 Å². The number of nitrogens with one attached hydrogen (secondary N) is 1. The van der Waals surface area contributed by atoms with Crippen molar-refractivity contribution in [3.05, 3.63) is 0 Å². The minimum atomic E-state index is -0.203. The van der Waals surface area contributed by atoms with Crippen LogP contribution in [-0.4, -0.2) is 32.2 Å². The van der Waals surface area contributed by atoms with E-state index in [9.17, 15) is 4.79 Å². The van der Waals surface area contributed by atoms with Gasteiger partial charge < -0.3 is 15.8 Å². The number of hydrogen-bond acceptors (Lipinski definition) is 3. The molecule has 1 saturated heterocycles. The SMILES string of the molecule is NCC1(C(=O)NCC2CCOCC2)CC1. The number of carbonyl (C=O) groups is 1. The Bertz CT molecular complexity index is 233. The highest BCUT2D eigenvalue weighted by Crippen LogP contribution is 2.44. The van der Waals surface area contributed by atoms with Crippen molar-refractivity contribution < 1.29 is 9.53 Å². The maximum atomic E-state index is 11.8. The summed E-state index contributed by atoms with van der Waals surface area (Å²) >= 11 is 0. The Kier molecular flexibility index (Phi) is 3.26. The smallest absolute Gasteiger partial charge is 0.227 e. The van der Waals surface area contributed by atoms with Crippen LogP contribution in [0.4, 0.5) is 0 Å². The van der Waals surface area contributed by atoms with Crippen LogP contribution < -0.4 is 11.1 Å². The van der Waals surface area contributed by atoms with Crippen LogP contribution in [0.1, 0.15) is 25.7 Å². The standard InChI is InChI=1S/C11H20N2O2/c12-8-11(3-4-11)10(14)13-7-9-1-5-15-6-2-9/h9H,1-8,12H2,(H,13,14). The van der Waals surface area contributed by atoms with Gasteiger partial charge in [0.25, 0.3) is 0 Å². The highest BCUT2D eigenvalue weighted by atomic mass is 16.5. The zero-order valence-corrected chi connectivity index (χ0v) is 9.13. The Morgan fingerprint density at radius 2 is 2.07 bits per heavy atom. The van der Waals surface area contributed by atoms with Gasteiger partial charge in [0.15, 0.2) is 0 Å². The Labute approximate surface area is 90.5 Å². The quantitative estimate of drug-likeness (QED) is 0.703. The summed E-state index contributed by atoms with van der Waals surface area (Å²) in [5.41, 5.74) is 5.39. The third-order valence-electron chi connectivity index (χ3n) is 3.62. The predicted octanol–water partition coefficient (Wildman–Crippen LogP) is 0.268. The molecule has 1 saturated carbocycles. The van der Waals surface area contributed by atoms with E-state index in [1.807, 2.05) is 0 Å². The molecule has 0 aromatic heterocycles. The third kappa shape index (κ3) is 2.49. The average molecular weight is 212 g/mol. The fraction of sp³-hybridized carbons (Fsp3) is 0.909. The van der Waals surface area contributed by atoms with Gasteiger partial charge in [-0.2, -0.15) is 0 Å². The molecule has 2 aliphatic rings. The van der Waals surface area contributed by atoms with Crippen LogP contribution in [0.15, 0.2) is 0 Å². The van der Waals surface area contributed by atoms with Gasteiger partial charge >= 0.3 is 0 Å². The van der Waals surface area contributed by atoms with E-state index in [1.54, 1.807) is 0 Å². The van der Waals surface area contributed by atoms with Crippen LogP contribution in [0.25, 0.3) is 0 Å². The molecule has 4 nitrogen and oxygen atoms in total. The summed E-state index contributed by atoms with van der Waals surface area (Å²) in [4.78, 5) is 11.8. The Balaban J connectivity index is 1.70. The zero-order valence-electron chi connectivity index (χ0n) is 9.13. The Morgan fingerprint density at radius 1 is 1.40 bits per heavy atom. The van der Waals surface area contributed by atoms with E-state index in [2.05, 4.69) is 5.32 Å². The molecule has 0 radical (unpaired) electrons. The van der Waals surface area contributed by atoms with Crippen LogP contribution in [-0.2, 0) is 9.53 Å². The van der Waals surface area contributed by atoms with Crippen LogP contribution >= 0.6 is 0 Å². The summed E-state index contributed by atoms with van der Waals surface area (Å²) in [6.07, 6.45) is 4.05. The first-order valence-electron chi connectivity index (χ1n) is 5.83. The highest BCUT2D eigenvalue weighted by molar-refractivity contribution is 5.85. The second-order valence-electron chi connectivity index (χ2n) is 4.75. The molecule has 0 aromatic carbocycles. The van der Waals surface area contributed by atoms with Gasteiger partial charge in [-0.25, -0.2) is 0 Å². The van der Waals surface area contributed by atoms with Gasteiger partial charge in [-0.05, 0) is 31.6 Å². The van der Waals surface area contributed by atoms with Crippen LogP contribution in [0.2, 0.25) is 0 Å². The summed E-state index contributed by atoms with van der Waals surface area (Å²) in [6, 6.07) is 0. The van der Waals surface area contributed by atoms with E-state index in [1.165, 1.54) is 0 Å². The Morgan fingerprint density at radius 3 is 2.60 bits per heavy atom. The molecule has 1 amide bonds. The molecule has 4 heteroatoms. The fourth-order valence-corrected chi connectivity index (χ4v) is 2.05. The van der Waals surface area contributed by atoms with Gasteiger partial charge in [-0.1, -0.05) is 0 Å². The fourth-order valence-electron chi connectivity index (χ4n) is 2.05. The maximum Gasteiger partial charge on any atom is 0.227 e. The summed E-state index contributed by atoms with van der Waals surface area (Å²) in [5, 5.41) is 3.03. The van der Waals surface area contributed by atoms with Crippen molar-refractivity contribution in [2.75, 3.05) is 26.3 Å². The van der Waals surface area contributed by atoms with Crippen molar-refractivity contribution in [1.29, 1.82) is 0 Å². The number of amides is 1.